The van der Waals surface area contributed by atoms with E-state index in [2.05, 4.69) is 79.6 Å². The van der Waals surface area contributed by atoms with Gasteiger partial charge in [0.2, 0.25) is 0 Å². The van der Waals surface area contributed by atoms with E-state index in [0.29, 0.717) is 0 Å². The first-order chi connectivity index (χ1) is 15.7. The Kier molecular flexibility index (Phi) is 8.15. The Morgan fingerprint density at radius 2 is 1.38 bits per heavy atom. The monoisotopic (exact) mass is 435 g/mol. The van der Waals surface area contributed by atoms with Crippen LogP contribution in [0.4, 0.5) is 0 Å². The second-order valence-corrected chi connectivity index (χ2v) is 8.97. The van der Waals surface area contributed by atoms with Gasteiger partial charge in [-0.3, -0.25) is 14.8 Å². The molecule has 0 spiro atoms. The van der Waals surface area contributed by atoms with Gasteiger partial charge in [0.15, 0.2) is 5.96 Å². The highest BCUT2D eigenvalue weighted by Crippen LogP contribution is 2.14. The van der Waals surface area contributed by atoms with Crippen molar-refractivity contribution < 1.29 is 5.11 Å². The lowest BCUT2D eigenvalue weighted by Crippen LogP contribution is -2.52. The Hall–Kier alpha value is -2.41. The van der Waals surface area contributed by atoms with E-state index < -0.39 is 0 Å². The summed E-state index contributed by atoms with van der Waals surface area (Å²) in [7, 11) is 1.87. The van der Waals surface area contributed by atoms with Crippen molar-refractivity contribution in [2.45, 2.75) is 38.6 Å². The Morgan fingerprint density at radius 3 is 2.00 bits per heavy atom. The zero-order valence-electron chi connectivity index (χ0n) is 19.3. The normalized spacial score (nSPS) is 19.3. The number of likely N-dealkylation sites (tertiary alicyclic amines) is 1. The number of rotatable bonds is 6. The van der Waals surface area contributed by atoms with Crippen LogP contribution in [0.2, 0.25) is 0 Å². The summed E-state index contributed by atoms with van der Waals surface area (Å²) < 4.78 is 0. The SMILES string of the molecule is CN=C(NCc1ccc(CN2CCC(O)CC2)cc1)N1CCN(Cc2ccccc2)CC1. The number of nitrogens with one attached hydrogen (secondary N) is 1. The Labute approximate surface area is 192 Å². The third kappa shape index (κ3) is 6.55. The molecule has 0 saturated carbocycles. The van der Waals surface area contributed by atoms with E-state index in [1.54, 1.807) is 0 Å². The van der Waals surface area contributed by atoms with Crippen LogP contribution in [0, 0.1) is 0 Å². The number of piperazine rings is 1. The Balaban J connectivity index is 1.21. The van der Waals surface area contributed by atoms with E-state index in [1.165, 1.54) is 16.7 Å². The number of benzene rings is 2. The second kappa shape index (κ2) is 11.5. The number of hydrogen-bond donors (Lipinski definition) is 2. The summed E-state index contributed by atoms with van der Waals surface area (Å²) in [5.41, 5.74) is 3.99. The molecule has 0 unspecified atom stereocenters. The highest BCUT2D eigenvalue weighted by atomic mass is 16.3. The summed E-state index contributed by atoms with van der Waals surface area (Å²) in [5, 5.41) is 13.2. The average Bonchev–Trinajstić information content (AvgIpc) is 2.84. The number of aliphatic hydroxyl groups is 1. The van der Waals surface area contributed by atoms with E-state index in [0.717, 1.165) is 77.7 Å². The minimum atomic E-state index is -0.110. The van der Waals surface area contributed by atoms with Gasteiger partial charge < -0.3 is 15.3 Å². The van der Waals surface area contributed by atoms with E-state index >= 15 is 0 Å². The number of nitrogens with zero attached hydrogens (tertiary/aromatic N) is 4. The maximum absolute atomic E-state index is 9.67. The van der Waals surface area contributed by atoms with Crippen LogP contribution in [0.5, 0.6) is 0 Å². The molecule has 2 aliphatic heterocycles. The van der Waals surface area contributed by atoms with Crippen LogP contribution in [0.15, 0.2) is 59.6 Å². The fraction of sp³-hybridized carbons (Fsp3) is 0.500. The minimum absolute atomic E-state index is 0.110. The highest BCUT2D eigenvalue weighted by Gasteiger charge is 2.20. The summed E-state index contributed by atoms with van der Waals surface area (Å²) >= 11 is 0. The van der Waals surface area contributed by atoms with Gasteiger partial charge in [0, 0.05) is 66.0 Å². The molecule has 0 aliphatic carbocycles. The van der Waals surface area contributed by atoms with Crippen LogP contribution in [-0.4, -0.2) is 78.2 Å². The third-order valence-corrected chi connectivity index (χ3v) is 6.57. The van der Waals surface area contributed by atoms with Crippen LogP contribution < -0.4 is 5.32 Å². The van der Waals surface area contributed by atoms with Gasteiger partial charge in [-0.15, -0.1) is 0 Å². The van der Waals surface area contributed by atoms with Gasteiger partial charge in [-0.1, -0.05) is 54.6 Å². The largest absolute Gasteiger partial charge is 0.393 e. The first-order valence-corrected chi connectivity index (χ1v) is 11.9. The zero-order valence-corrected chi connectivity index (χ0v) is 19.3. The molecule has 2 saturated heterocycles. The van der Waals surface area contributed by atoms with Gasteiger partial charge in [0.1, 0.15) is 0 Å². The summed E-state index contributed by atoms with van der Waals surface area (Å²) in [6.07, 6.45) is 1.67. The smallest absolute Gasteiger partial charge is 0.194 e. The molecule has 2 N–H and O–H groups in total. The van der Waals surface area contributed by atoms with E-state index in [9.17, 15) is 5.11 Å². The van der Waals surface area contributed by atoms with E-state index in [-0.39, 0.29) is 6.10 Å². The molecule has 2 fully saturated rings. The number of piperidine rings is 1. The van der Waals surface area contributed by atoms with E-state index in [4.69, 9.17) is 0 Å². The van der Waals surface area contributed by atoms with Gasteiger partial charge in [-0.25, -0.2) is 0 Å². The van der Waals surface area contributed by atoms with Gasteiger partial charge in [-0.05, 0) is 29.5 Å². The number of aliphatic hydroxyl groups excluding tert-OH is 1. The molecule has 32 heavy (non-hydrogen) atoms. The topological polar surface area (TPSA) is 54.3 Å². The van der Waals surface area contributed by atoms with Crippen molar-refractivity contribution in [3.8, 4) is 0 Å². The summed E-state index contributed by atoms with van der Waals surface area (Å²) in [5.74, 6) is 0.986. The van der Waals surface area contributed by atoms with Crippen LogP contribution in [-0.2, 0) is 19.6 Å². The number of guanidine groups is 1. The van der Waals surface area contributed by atoms with Crippen LogP contribution >= 0.6 is 0 Å². The van der Waals surface area contributed by atoms with Gasteiger partial charge in [0.25, 0.3) is 0 Å². The maximum atomic E-state index is 9.67. The van der Waals surface area contributed by atoms with Crippen LogP contribution in [0.25, 0.3) is 0 Å². The van der Waals surface area contributed by atoms with Gasteiger partial charge in [0.05, 0.1) is 6.10 Å². The lowest BCUT2D eigenvalue weighted by atomic mass is 10.1. The standard InChI is InChI=1S/C26H37N5O/c1-27-26(31-17-15-30(16-18-31)20-23-5-3-2-4-6-23)28-19-22-7-9-24(10-8-22)21-29-13-11-25(32)12-14-29/h2-10,25,32H,11-21H2,1H3,(H,27,28). The Morgan fingerprint density at radius 1 is 0.812 bits per heavy atom. The summed E-state index contributed by atoms with van der Waals surface area (Å²) in [4.78, 5) is 11.8. The molecule has 0 bridgehead atoms. The fourth-order valence-electron chi connectivity index (χ4n) is 4.57. The molecule has 0 radical (unpaired) electrons. The first-order valence-electron chi connectivity index (χ1n) is 11.9. The van der Waals surface area contributed by atoms with Crippen LogP contribution in [0.1, 0.15) is 29.5 Å². The van der Waals surface area contributed by atoms with E-state index in [1.807, 2.05) is 7.05 Å². The predicted octanol–water partition coefficient (Wildman–Crippen LogP) is 2.54. The lowest BCUT2D eigenvalue weighted by Gasteiger charge is -2.36. The molecule has 6 nitrogen and oxygen atoms in total. The van der Waals surface area contributed by atoms with Crippen molar-refractivity contribution in [1.82, 2.24) is 20.0 Å². The van der Waals surface area contributed by atoms with Crippen LogP contribution in [0.3, 0.4) is 0 Å². The zero-order chi connectivity index (χ0) is 22.2. The minimum Gasteiger partial charge on any atom is -0.393 e. The molecule has 0 atom stereocenters. The number of aliphatic imine (C=N–C) groups is 1. The van der Waals surface area contributed by atoms with Crippen molar-refractivity contribution in [3.05, 3.63) is 71.3 Å². The molecule has 0 amide bonds. The fourth-order valence-corrected chi connectivity index (χ4v) is 4.57. The van der Waals surface area contributed by atoms with Gasteiger partial charge >= 0.3 is 0 Å². The molecule has 6 heteroatoms. The van der Waals surface area contributed by atoms with Crippen molar-refractivity contribution in [2.75, 3.05) is 46.3 Å². The quantitative estimate of drug-likeness (QED) is 0.540. The van der Waals surface area contributed by atoms with Crippen molar-refractivity contribution in [1.29, 1.82) is 0 Å². The molecule has 0 aromatic heterocycles. The molecular weight excluding hydrogens is 398 g/mol. The molecule has 2 aromatic carbocycles. The van der Waals surface area contributed by atoms with Crippen molar-refractivity contribution in [2.24, 2.45) is 4.99 Å². The molecule has 2 heterocycles. The first kappa shape index (κ1) is 22.8. The second-order valence-electron chi connectivity index (χ2n) is 8.97. The summed E-state index contributed by atoms with van der Waals surface area (Å²) in [6.45, 7) is 8.84. The molecule has 2 aliphatic rings. The van der Waals surface area contributed by atoms with Crippen molar-refractivity contribution in [3.63, 3.8) is 0 Å². The lowest BCUT2D eigenvalue weighted by molar-refractivity contribution is 0.0792. The molecule has 172 valence electrons. The Bertz CT molecular complexity index is 838. The van der Waals surface area contributed by atoms with Gasteiger partial charge in [-0.2, -0.15) is 0 Å². The average molecular weight is 436 g/mol. The maximum Gasteiger partial charge on any atom is 0.194 e. The highest BCUT2D eigenvalue weighted by molar-refractivity contribution is 5.80. The summed E-state index contributed by atoms with van der Waals surface area (Å²) in [6, 6.07) is 19.6. The number of hydrogen-bond acceptors (Lipinski definition) is 4. The molecular formula is C26H37N5O. The predicted molar refractivity (Wildman–Crippen MR) is 130 cm³/mol. The third-order valence-electron chi connectivity index (χ3n) is 6.57. The molecule has 2 aromatic rings. The van der Waals surface area contributed by atoms with Crippen molar-refractivity contribution >= 4 is 5.96 Å². The molecule has 4 rings (SSSR count).